The molecule has 1 N–H and O–H groups in total. The smallest absolute Gasteiger partial charge is 0.241 e. The molecule has 0 saturated heterocycles. The number of sulfonamides is 1. The van der Waals surface area contributed by atoms with E-state index in [4.69, 9.17) is 0 Å². The van der Waals surface area contributed by atoms with Crippen LogP contribution in [-0.2, 0) is 14.8 Å². The number of rotatable bonds is 5. The lowest BCUT2D eigenvalue weighted by Crippen LogP contribution is -2.38. The van der Waals surface area contributed by atoms with Crippen LogP contribution in [0.3, 0.4) is 0 Å². The summed E-state index contributed by atoms with van der Waals surface area (Å²) < 4.78 is 40.0. The summed E-state index contributed by atoms with van der Waals surface area (Å²) in [6.07, 6.45) is 0.255. The molecule has 1 unspecified atom stereocenters. The summed E-state index contributed by atoms with van der Waals surface area (Å²) in [4.78, 5) is 11.5. The Morgan fingerprint density at radius 2 is 1.79 bits per heavy atom. The predicted octanol–water partition coefficient (Wildman–Crippen LogP) is 2.09. The minimum absolute atomic E-state index is 0.0321. The van der Waals surface area contributed by atoms with Crippen molar-refractivity contribution < 1.29 is 17.6 Å². The summed E-state index contributed by atoms with van der Waals surface area (Å²) >= 11 is 0. The van der Waals surface area contributed by atoms with Crippen molar-refractivity contribution in [1.29, 1.82) is 0 Å². The minimum atomic E-state index is -3.83. The van der Waals surface area contributed by atoms with Gasteiger partial charge in [-0.2, -0.15) is 0 Å². The molecule has 0 amide bonds. The summed E-state index contributed by atoms with van der Waals surface area (Å²) in [5, 5.41) is 0. The molecule has 0 saturated carbocycles. The summed E-state index contributed by atoms with van der Waals surface area (Å²) in [5.74, 6) is -0.673. The van der Waals surface area contributed by atoms with Gasteiger partial charge in [0.25, 0.3) is 0 Å². The van der Waals surface area contributed by atoms with E-state index < -0.39 is 21.9 Å². The quantitative estimate of drug-likeness (QED) is 0.902. The van der Waals surface area contributed by atoms with Crippen molar-refractivity contribution >= 4 is 15.8 Å². The van der Waals surface area contributed by atoms with E-state index in [0.29, 0.717) is 11.1 Å². The number of nitrogens with one attached hydrogen (secondary N) is 1. The molecule has 0 aliphatic rings. The fourth-order valence-corrected chi connectivity index (χ4v) is 3.67. The average molecular weight is 287 g/mol. The summed E-state index contributed by atoms with van der Waals surface area (Å²) in [6.45, 7) is 6.22. The molecular weight excluding hydrogens is 269 g/mol. The molecule has 1 aromatic rings. The molecule has 0 fully saturated rings. The molecule has 19 heavy (non-hydrogen) atoms. The van der Waals surface area contributed by atoms with Gasteiger partial charge in [-0.05, 0) is 44.0 Å². The summed E-state index contributed by atoms with van der Waals surface area (Å²) in [5.41, 5.74) is 0.641. The molecule has 0 spiro atoms. The van der Waals surface area contributed by atoms with Crippen molar-refractivity contribution in [3.63, 3.8) is 0 Å². The van der Waals surface area contributed by atoms with Gasteiger partial charge in [0.15, 0.2) is 0 Å². The van der Waals surface area contributed by atoms with E-state index in [1.54, 1.807) is 6.92 Å². The Kier molecular flexibility index (Phi) is 4.81. The van der Waals surface area contributed by atoms with E-state index in [1.165, 1.54) is 20.8 Å². The third-order valence-corrected chi connectivity index (χ3v) is 4.70. The van der Waals surface area contributed by atoms with Gasteiger partial charge in [-0.3, -0.25) is 4.79 Å². The molecule has 6 heteroatoms. The third kappa shape index (κ3) is 3.61. The van der Waals surface area contributed by atoms with Gasteiger partial charge in [-0.15, -0.1) is 0 Å². The van der Waals surface area contributed by atoms with E-state index in [9.17, 15) is 17.6 Å². The van der Waals surface area contributed by atoms with Gasteiger partial charge in [0, 0.05) is 6.42 Å². The van der Waals surface area contributed by atoms with E-state index in [-0.39, 0.29) is 17.1 Å². The SMILES string of the molecule is CCC(=O)C(C)NS(=O)(=O)c1c(C)cc(F)cc1C. The van der Waals surface area contributed by atoms with Crippen LogP contribution in [0.4, 0.5) is 4.39 Å². The Labute approximate surface area is 113 Å². The maximum Gasteiger partial charge on any atom is 0.241 e. The highest BCUT2D eigenvalue weighted by Gasteiger charge is 2.24. The number of halogens is 1. The minimum Gasteiger partial charge on any atom is -0.298 e. The Hall–Kier alpha value is -1.27. The van der Waals surface area contributed by atoms with Crippen LogP contribution in [0.1, 0.15) is 31.4 Å². The Balaban J connectivity index is 3.18. The van der Waals surface area contributed by atoms with Gasteiger partial charge < -0.3 is 0 Å². The van der Waals surface area contributed by atoms with Crippen LogP contribution in [0.5, 0.6) is 0 Å². The highest BCUT2D eigenvalue weighted by atomic mass is 32.2. The molecular formula is C13H18FNO3S. The van der Waals surface area contributed by atoms with Gasteiger partial charge >= 0.3 is 0 Å². The number of hydrogen-bond acceptors (Lipinski definition) is 3. The van der Waals surface area contributed by atoms with E-state index in [2.05, 4.69) is 4.72 Å². The van der Waals surface area contributed by atoms with Gasteiger partial charge in [-0.1, -0.05) is 6.92 Å². The number of carbonyl (C=O) groups excluding carboxylic acids is 1. The van der Waals surface area contributed by atoms with Crippen LogP contribution in [0, 0.1) is 19.7 Å². The zero-order valence-corrected chi connectivity index (χ0v) is 12.3. The lowest BCUT2D eigenvalue weighted by molar-refractivity contribution is -0.119. The lowest BCUT2D eigenvalue weighted by Gasteiger charge is -2.15. The maximum atomic E-state index is 13.2. The first kappa shape index (κ1) is 15.8. The maximum absolute atomic E-state index is 13.2. The normalized spacial score (nSPS) is 13.3. The molecule has 1 rings (SSSR count). The molecule has 106 valence electrons. The van der Waals surface area contributed by atoms with E-state index in [0.717, 1.165) is 12.1 Å². The van der Waals surface area contributed by atoms with Crippen molar-refractivity contribution in [3.05, 3.63) is 29.1 Å². The van der Waals surface area contributed by atoms with E-state index >= 15 is 0 Å². The van der Waals surface area contributed by atoms with Crippen LogP contribution < -0.4 is 4.72 Å². The molecule has 0 bridgehead atoms. The van der Waals surface area contributed by atoms with Gasteiger partial charge in [-0.25, -0.2) is 17.5 Å². The Morgan fingerprint density at radius 3 is 2.21 bits per heavy atom. The second-order valence-electron chi connectivity index (χ2n) is 4.53. The van der Waals surface area contributed by atoms with Crippen LogP contribution in [0.15, 0.2) is 17.0 Å². The van der Waals surface area contributed by atoms with Crippen LogP contribution >= 0.6 is 0 Å². The number of hydrogen-bond donors (Lipinski definition) is 1. The van der Waals surface area contributed by atoms with Gasteiger partial charge in [0.05, 0.1) is 10.9 Å². The highest BCUT2D eigenvalue weighted by Crippen LogP contribution is 2.21. The first-order valence-electron chi connectivity index (χ1n) is 6.00. The molecule has 1 atom stereocenters. The average Bonchev–Trinajstić information content (AvgIpc) is 2.24. The van der Waals surface area contributed by atoms with E-state index in [1.807, 2.05) is 0 Å². The number of ketones is 1. The highest BCUT2D eigenvalue weighted by molar-refractivity contribution is 7.89. The second-order valence-corrected chi connectivity index (χ2v) is 6.18. The van der Waals surface area contributed by atoms with Gasteiger partial charge in [0.1, 0.15) is 11.6 Å². The molecule has 1 aromatic carbocycles. The number of Topliss-reactive ketones (excluding diaryl/α,β-unsaturated/α-hetero) is 1. The first-order chi connectivity index (χ1) is 8.69. The Bertz CT molecular complexity index is 573. The van der Waals surface area contributed by atoms with Crippen LogP contribution in [-0.4, -0.2) is 20.2 Å². The summed E-state index contributed by atoms with van der Waals surface area (Å²) in [6, 6.07) is 1.53. The zero-order valence-electron chi connectivity index (χ0n) is 11.5. The standard InChI is InChI=1S/C13H18FNO3S/c1-5-12(16)10(4)15-19(17,18)13-8(2)6-11(14)7-9(13)3/h6-7,10,15H,5H2,1-4H3. The lowest BCUT2D eigenvalue weighted by atomic mass is 10.1. The molecule has 0 radical (unpaired) electrons. The summed E-state index contributed by atoms with van der Waals surface area (Å²) in [7, 11) is -3.83. The Morgan fingerprint density at radius 1 is 1.32 bits per heavy atom. The third-order valence-electron chi connectivity index (χ3n) is 2.86. The number of benzene rings is 1. The number of aryl methyl sites for hydroxylation is 2. The van der Waals surface area contributed by atoms with Crippen LogP contribution in [0.25, 0.3) is 0 Å². The van der Waals surface area contributed by atoms with Crippen LogP contribution in [0.2, 0.25) is 0 Å². The largest absolute Gasteiger partial charge is 0.298 e. The van der Waals surface area contributed by atoms with Crippen molar-refractivity contribution in [1.82, 2.24) is 4.72 Å². The molecule has 4 nitrogen and oxygen atoms in total. The van der Waals surface area contributed by atoms with Crippen molar-refractivity contribution in [3.8, 4) is 0 Å². The zero-order chi connectivity index (χ0) is 14.8. The second kappa shape index (κ2) is 5.79. The van der Waals surface area contributed by atoms with Crippen molar-refractivity contribution in [2.24, 2.45) is 0 Å². The molecule has 0 aromatic heterocycles. The van der Waals surface area contributed by atoms with Crippen molar-refractivity contribution in [2.75, 3.05) is 0 Å². The number of carbonyl (C=O) groups is 1. The predicted molar refractivity (Wildman–Crippen MR) is 71.0 cm³/mol. The fourth-order valence-electron chi connectivity index (χ4n) is 1.98. The monoisotopic (exact) mass is 287 g/mol. The van der Waals surface area contributed by atoms with Crippen molar-refractivity contribution in [2.45, 2.75) is 45.1 Å². The molecule has 0 aliphatic heterocycles. The molecule has 0 aliphatic carbocycles. The fraction of sp³-hybridized carbons (Fsp3) is 0.462. The topological polar surface area (TPSA) is 63.2 Å². The van der Waals surface area contributed by atoms with Gasteiger partial charge in [0.2, 0.25) is 10.0 Å². The first-order valence-corrected chi connectivity index (χ1v) is 7.49. The molecule has 0 heterocycles.